The van der Waals surface area contributed by atoms with Gasteiger partial charge in [-0.15, -0.1) is 11.3 Å². The molecule has 0 saturated heterocycles. The van der Waals surface area contributed by atoms with Crippen molar-refractivity contribution in [1.29, 1.82) is 0 Å². The number of hydrogen-bond donors (Lipinski definition) is 2. The fourth-order valence-corrected chi connectivity index (χ4v) is 3.97. The molecule has 0 aromatic carbocycles. The second kappa shape index (κ2) is 4.52. The molecule has 1 heterocycles. The van der Waals surface area contributed by atoms with Crippen LogP contribution < -0.4 is 4.72 Å². The van der Waals surface area contributed by atoms with Crippen LogP contribution >= 0.6 is 11.3 Å². The SMILES string of the molecule is Cc1cc(S(=O)(=O)NC(C)C(=O)O)c(C)s1. The van der Waals surface area contributed by atoms with Gasteiger partial charge < -0.3 is 5.11 Å². The first kappa shape index (κ1) is 13.1. The molecule has 0 aliphatic heterocycles. The zero-order chi connectivity index (χ0) is 12.5. The summed E-state index contributed by atoms with van der Waals surface area (Å²) >= 11 is 1.36. The maximum Gasteiger partial charge on any atom is 0.321 e. The first-order chi connectivity index (χ1) is 7.24. The first-order valence-electron chi connectivity index (χ1n) is 4.56. The topological polar surface area (TPSA) is 83.5 Å². The molecule has 1 rings (SSSR count). The van der Waals surface area contributed by atoms with Crippen LogP contribution in [0.2, 0.25) is 0 Å². The molecule has 0 radical (unpaired) electrons. The van der Waals surface area contributed by atoms with Crippen molar-refractivity contribution >= 4 is 27.3 Å². The summed E-state index contributed by atoms with van der Waals surface area (Å²) < 4.78 is 25.7. The number of carboxylic acid groups (broad SMARTS) is 1. The second-order valence-corrected chi connectivity index (χ2v) is 6.60. The average molecular weight is 263 g/mol. The number of nitrogens with one attached hydrogen (secondary N) is 1. The highest BCUT2D eigenvalue weighted by atomic mass is 32.2. The van der Waals surface area contributed by atoms with E-state index >= 15 is 0 Å². The van der Waals surface area contributed by atoms with E-state index in [0.29, 0.717) is 4.88 Å². The van der Waals surface area contributed by atoms with E-state index in [9.17, 15) is 13.2 Å². The molecule has 16 heavy (non-hydrogen) atoms. The van der Waals surface area contributed by atoms with Crippen molar-refractivity contribution in [3.05, 3.63) is 15.8 Å². The second-order valence-electron chi connectivity index (χ2n) is 3.46. The largest absolute Gasteiger partial charge is 0.480 e. The van der Waals surface area contributed by atoms with Crippen molar-refractivity contribution < 1.29 is 18.3 Å². The van der Waals surface area contributed by atoms with Crippen LogP contribution in [0.1, 0.15) is 16.7 Å². The molecule has 0 spiro atoms. The lowest BCUT2D eigenvalue weighted by Gasteiger charge is -2.09. The standard InChI is InChI=1S/C9H13NO4S2/c1-5-4-8(7(3)15-5)16(13,14)10-6(2)9(11)12/h4,6,10H,1-3H3,(H,11,12). The van der Waals surface area contributed by atoms with Crippen molar-refractivity contribution in [2.24, 2.45) is 0 Å². The fraction of sp³-hybridized carbons (Fsp3) is 0.444. The van der Waals surface area contributed by atoms with Gasteiger partial charge >= 0.3 is 5.97 Å². The van der Waals surface area contributed by atoms with Gasteiger partial charge in [0.05, 0.1) is 4.90 Å². The molecule has 5 nitrogen and oxygen atoms in total. The zero-order valence-electron chi connectivity index (χ0n) is 9.14. The Bertz CT molecular complexity index is 504. The Morgan fingerprint density at radius 3 is 2.44 bits per heavy atom. The number of sulfonamides is 1. The van der Waals surface area contributed by atoms with Crippen LogP contribution in [0.25, 0.3) is 0 Å². The van der Waals surface area contributed by atoms with Gasteiger partial charge in [-0.1, -0.05) is 0 Å². The molecule has 1 aromatic rings. The highest BCUT2D eigenvalue weighted by molar-refractivity contribution is 7.89. The van der Waals surface area contributed by atoms with Crippen LogP contribution in [0.4, 0.5) is 0 Å². The third-order valence-corrected chi connectivity index (χ3v) is 4.75. The lowest BCUT2D eigenvalue weighted by Crippen LogP contribution is -2.38. The van der Waals surface area contributed by atoms with E-state index in [2.05, 4.69) is 4.72 Å². The minimum atomic E-state index is -3.73. The smallest absolute Gasteiger partial charge is 0.321 e. The summed E-state index contributed by atoms with van der Waals surface area (Å²) in [6, 6.07) is 0.404. The third-order valence-electron chi connectivity index (χ3n) is 1.99. The summed E-state index contributed by atoms with van der Waals surface area (Å²) in [4.78, 5) is 12.3. The normalized spacial score (nSPS) is 13.7. The molecular formula is C9H13NO4S2. The van der Waals surface area contributed by atoms with Crippen molar-refractivity contribution in [2.45, 2.75) is 31.7 Å². The monoisotopic (exact) mass is 263 g/mol. The fourth-order valence-electron chi connectivity index (χ4n) is 1.22. The van der Waals surface area contributed by atoms with Crippen molar-refractivity contribution in [1.82, 2.24) is 4.72 Å². The molecule has 0 bridgehead atoms. The van der Waals surface area contributed by atoms with Gasteiger partial charge in [0.1, 0.15) is 6.04 Å². The number of thiophene rings is 1. The van der Waals surface area contributed by atoms with E-state index in [-0.39, 0.29) is 4.90 Å². The zero-order valence-corrected chi connectivity index (χ0v) is 10.8. The lowest BCUT2D eigenvalue weighted by molar-refractivity contribution is -0.138. The minimum absolute atomic E-state index is 0.156. The van der Waals surface area contributed by atoms with Crippen LogP contribution in [-0.2, 0) is 14.8 Å². The molecule has 1 atom stereocenters. The predicted molar refractivity (Wildman–Crippen MR) is 61.2 cm³/mol. The predicted octanol–water partition coefficient (Wildman–Crippen LogP) is 1.12. The Morgan fingerprint density at radius 1 is 1.50 bits per heavy atom. The Balaban J connectivity index is 3.03. The number of aryl methyl sites for hydroxylation is 2. The van der Waals surface area contributed by atoms with E-state index in [1.807, 2.05) is 0 Å². The molecular weight excluding hydrogens is 250 g/mol. The summed E-state index contributed by atoms with van der Waals surface area (Å²) in [6.45, 7) is 4.78. The van der Waals surface area contributed by atoms with E-state index in [1.54, 1.807) is 13.8 Å². The highest BCUT2D eigenvalue weighted by Crippen LogP contribution is 2.24. The van der Waals surface area contributed by atoms with Crippen LogP contribution in [0.5, 0.6) is 0 Å². The highest BCUT2D eigenvalue weighted by Gasteiger charge is 2.24. The van der Waals surface area contributed by atoms with Crippen LogP contribution in [-0.4, -0.2) is 25.5 Å². The quantitative estimate of drug-likeness (QED) is 0.852. The Hall–Kier alpha value is -0.920. The molecule has 0 aliphatic rings. The maximum atomic E-state index is 11.8. The van der Waals surface area contributed by atoms with Gasteiger partial charge in [-0.25, -0.2) is 8.42 Å². The average Bonchev–Trinajstić information content (AvgIpc) is 2.45. The Kier molecular flexibility index (Phi) is 3.72. The van der Waals surface area contributed by atoms with Crippen molar-refractivity contribution in [3.63, 3.8) is 0 Å². The van der Waals surface area contributed by atoms with Gasteiger partial charge in [-0.2, -0.15) is 4.72 Å². The molecule has 0 fully saturated rings. The van der Waals surface area contributed by atoms with Crippen LogP contribution in [0, 0.1) is 13.8 Å². The summed E-state index contributed by atoms with van der Waals surface area (Å²) in [7, 11) is -3.73. The maximum absolute atomic E-state index is 11.8. The molecule has 2 N–H and O–H groups in total. The van der Waals surface area contributed by atoms with Gasteiger partial charge in [-0.05, 0) is 26.8 Å². The van der Waals surface area contributed by atoms with Crippen LogP contribution in [0.3, 0.4) is 0 Å². The van der Waals surface area contributed by atoms with Gasteiger partial charge in [-0.3, -0.25) is 4.79 Å². The van der Waals surface area contributed by atoms with E-state index < -0.39 is 22.0 Å². The third kappa shape index (κ3) is 2.81. The van der Waals surface area contributed by atoms with Gasteiger partial charge in [0, 0.05) is 9.75 Å². The summed E-state index contributed by atoms with van der Waals surface area (Å²) in [5.74, 6) is -1.20. The number of rotatable bonds is 4. The Morgan fingerprint density at radius 2 is 2.06 bits per heavy atom. The van der Waals surface area contributed by atoms with E-state index in [0.717, 1.165) is 4.88 Å². The number of aliphatic carboxylic acids is 1. The molecule has 1 aromatic heterocycles. The Labute approximate surface area is 98.2 Å². The number of carbonyl (C=O) groups is 1. The van der Waals surface area contributed by atoms with Gasteiger partial charge in [0.15, 0.2) is 0 Å². The number of carboxylic acids is 1. The van der Waals surface area contributed by atoms with Crippen LogP contribution in [0.15, 0.2) is 11.0 Å². The molecule has 90 valence electrons. The van der Waals surface area contributed by atoms with E-state index in [4.69, 9.17) is 5.11 Å². The van der Waals surface area contributed by atoms with Crippen molar-refractivity contribution in [2.75, 3.05) is 0 Å². The minimum Gasteiger partial charge on any atom is -0.480 e. The molecule has 0 aliphatic carbocycles. The molecule has 0 amide bonds. The van der Waals surface area contributed by atoms with E-state index in [1.165, 1.54) is 24.3 Å². The summed E-state index contributed by atoms with van der Waals surface area (Å²) in [5, 5.41) is 8.64. The summed E-state index contributed by atoms with van der Waals surface area (Å²) in [6.07, 6.45) is 0. The summed E-state index contributed by atoms with van der Waals surface area (Å²) in [5.41, 5.74) is 0. The molecule has 1 unspecified atom stereocenters. The molecule has 7 heteroatoms. The van der Waals surface area contributed by atoms with Crippen molar-refractivity contribution in [3.8, 4) is 0 Å². The van der Waals surface area contributed by atoms with Gasteiger partial charge in [0.25, 0.3) is 0 Å². The van der Waals surface area contributed by atoms with Gasteiger partial charge in [0.2, 0.25) is 10.0 Å². The lowest BCUT2D eigenvalue weighted by atomic mass is 10.4. The number of hydrogen-bond acceptors (Lipinski definition) is 4. The first-order valence-corrected chi connectivity index (χ1v) is 6.86. The molecule has 0 saturated carbocycles.